The number of aromatic carboxylic acids is 1. The van der Waals surface area contributed by atoms with Gasteiger partial charge in [-0.2, -0.15) is 0 Å². The summed E-state index contributed by atoms with van der Waals surface area (Å²) in [5, 5.41) is 22.9. The summed E-state index contributed by atoms with van der Waals surface area (Å²) >= 11 is 0. The maximum Gasteiger partial charge on any atom is 0.335 e. The molecule has 214 valence electrons. The van der Waals surface area contributed by atoms with Crippen molar-refractivity contribution in [3.63, 3.8) is 0 Å². The summed E-state index contributed by atoms with van der Waals surface area (Å²) in [7, 11) is -3.56. The van der Waals surface area contributed by atoms with Crippen LogP contribution in [0.15, 0.2) is 97.1 Å². The molecular weight excluding hydrogens is 544 g/mol. The number of carbonyl (C=O) groups is 1. The number of hydrogen-bond donors (Lipinski definition) is 4. The lowest BCUT2D eigenvalue weighted by molar-refractivity contribution is 0.0697. The Balaban J connectivity index is 1.26. The van der Waals surface area contributed by atoms with Crippen LogP contribution in [0.3, 0.4) is 0 Å². The lowest BCUT2D eigenvalue weighted by atomic mass is 10.0. The number of anilines is 1. The van der Waals surface area contributed by atoms with E-state index < -0.39 is 22.1 Å². The highest BCUT2D eigenvalue weighted by atomic mass is 32.2. The fourth-order valence-corrected chi connectivity index (χ4v) is 4.60. The van der Waals surface area contributed by atoms with Crippen molar-refractivity contribution in [1.29, 1.82) is 0 Å². The van der Waals surface area contributed by atoms with E-state index in [1.807, 2.05) is 54.6 Å². The first-order chi connectivity index (χ1) is 19.7. The zero-order valence-electron chi connectivity index (χ0n) is 22.5. The van der Waals surface area contributed by atoms with Gasteiger partial charge in [0.15, 0.2) is 0 Å². The van der Waals surface area contributed by atoms with Gasteiger partial charge in [-0.25, -0.2) is 13.2 Å². The molecule has 1 unspecified atom stereocenters. The van der Waals surface area contributed by atoms with Crippen LogP contribution in [0, 0.1) is 0 Å². The maximum absolute atomic E-state index is 11.9. The zero-order valence-corrected chi connectivity index (χ0v) is 23.3. The number of hydrogen-bond acceptors (Lipinski definition) is 7. The van der Waals surface area contributed by atoms with Crippen molar-refractivity contribution in [3.05, 3.63) is 114 Å². The molecule has 4 aromatic rings. The first-order valence-corrected chi connectivity index (χ1v) is 14.8. The van der Waals surface area contributed by atoms with Crippen LogP contribution in [0.1, 0.15) is 27.6 Å². The fraction of sp³-hybridized carbons (Fsp3) is 0.194. The molecule has 1 atom stereocenters. The third-order valence-electron chi connectivity index (χ3n) is 6.13. The van der Waals surface area contributed by atoms with Gasteiger partial charge in [0.05, 0.1) is 23.6 Å². The van der Waals surface area contributed by atoms with Gasteiger partial charge in [-0.1, -0.05) is 60.7 Å². The molecule has 4 N–H and O–H groups in total. The van der Waals surface area contributed by atoms with E-state index in [0.717, 1.165) is 22.9 Å². The van der Waals surface area contributed by atoms with Gasteiger partial charge in [0, 0.05) is 13.1 Å². The van der Waals surface area contributed by atoms with Crippen molar-refractivity contribution in [2.45, 2.75) is 12.7 Å². The molecule has 0 fully saturated rings. The van der Waals surface area contributed by atoms with Crippen molar-refractivity contribution in [3.8, 4) is 22.6 Å². The Morgan fingerprint density at radius 1 is 0.878 bits per heavy atom. The molecule has 0 amide bonds. The Bertz CT molecular complexity index is 1540. The van der Waals surface area contributed by atoms with E-state index in [2.05, 4.69) is 10.0 Å². The molecule has 0 aliphatic carbocycles. The van der Waals surface area contributed by atoms with Crippen LogP contribution in [-0.4, -0.2) is 50.6 Å². The van der Waals surface area contributed by atoms with Crippen LogP contribution >= 0.6 is 0 Å². The molecule has 4 aromatic carbocycles. The Morgan fingerprint density at radius 2 is 1.54 bits per heavy atom. The average Bonchev–Trinajstić information content (AvgIpc) is 2.96. The molecule has 10 heteroatoms. The average molecular weight is 577 g/mol. The topological polar surface area (TPSA) is 134 Å². The smallest absolute Gasteiger partial charge is 0.335 e. The van der Waals surface area contributed by atoms with Crippen molar-refractivity contribution in [1.82, 2.24) is 5.32 Å². The summed E-state index contributed by atoms with van der Waals surface area (Å²) in [6.45, 7) is 1.34. The Hall–Kier alpha value is -4.38. The second-order valence-corrected chi connectivity index (χ2v) is 11.1. The molecule has 4 rings (SSSR count). The maximum atomic E-state index is 11.9. The summed E-state index contributed by atoms with van der Waals surface area (Å²) in [4.78, 5) is 11.0. The van der Waals surface area contributed by atoms with Gasteiger partial charge < -0.3 is 25.0 Å². The van der Waals surface area contributed by atoms with E-state index in [9.17, 15) is 18.3 Å². The van der Waals surface area contributed by atoms with Crippen molar-refractivity contribution in [2.75, 3.05) is 30.7 Å². The van der Waals surface area contributed by atoms with Gasteiger partial charge >= 0.3 is 5.97 Å². The molecule has 0 aliphatic heterocycles. The summed E-state index contributed by atoms with van der Waals surface area (Å²) in [6, 6.07) is 28.6. The Kier molecular flexibility index (Phi) is 9.96. The van der Waals surface area contributed by atoms with Gasteiger partial charge in [-0.15, -0.1) is 0 Å². The molecule has 0 heterocycles. The van der Waals surface area contributed by atoms with Crippen LogP contribution in [-0.2, 0) is 16.6 Å². The van der Waals surface area contributed by atoms with Gasteiger partial charge in [0.1, 0.15) is 24.7 Å². The highest BCUT2D eigenvalue weighted by Gasteiger charge is 2.14. The number of carboxylic acids is 1. The number of ether oxygens (including phenoxy) is 2. The van der Waals surface area contributed by atoms with E-state index in [1.54, 1.807) is 42.5 Å². The van der Waals surface area contributed by atoms with Crippen LogP contribution in [0.25, 0.3) is 11.1 Å². The number of carboxylic acid groups (broad SMARTS) is 1. The predicted molar refractivity (Wildman–Crippen MR) is 158 cm³/mol. The number of nitrogens with one attached hydrogen (secondary N) is 2. The molecule has 41 heavy (non-hydrogen) atoms. The number of sulfonamides is 1. The quantitative estimate of drug-likeness (QED) is 0.159. The molecule has 0 saturated carbocycles. The highest BCUT2D eigenvalue weighted by molar-refractivity contribution is 7.92. The van der Waals surface area contributed by atoms with E-state index in [4.69, 9.17) is 14.6 Å². The molecule has 0 saturated heterocycles. The Morgan fingerprint density at radius 3 is 2.17 bits per heavy atom. The number of aliphatic hydroxyl groups is 1. The van der Waals surface area contributed by atoms with E-state index in [1.165, 1.54) is 0 Å². The predicted octanol–water partition coefficient (Wildman–Crippen LogP) is 4.70. The molecular formula is C31H32N2O7S. The number of benzene rings is 4. The minimum absolute atomic E-state index is 0.233. The van der Waals surface area contributed by atoms with Gasteiger partial charge in [0.25, 0.3) is 0 Å². The first-order valence-electron chi connectivity index (χ1n) is 12.9. The SMILES string of the molecule is CS(=O)(=O)Nc1cc(C(O)CNCCOc2ccc(-c3ccc(C(=O)O)cc3)cc2)ccc1OCc1ccccc1. The van der Waals surface area contributed by atoms with Crippen LogP contribution < -0.4 is 19.5 Å². The molecule has 0 radical (unpaired) electrons. The zero-order chi connectivity index (χ0) is 29.2. The number of rotatable bonds is 14. The minimum atomic E-state index is -3.56. The van der Waals surface area contributed by atoms with E-state index in [0.29, 0.717) is 30.2 Å². The van der Waals surface area contributed by atoms with Gasteiger partial charge in [-0.3, -0.25) is 4.72 Å². The molecule has 0 aromatic heterocycles. The largest absolute Gasteiger partial charge is 0.492 e. The van der Waals surface area contributed by atoms with Gasteiger partial charge in [-0.05, 0) is 58.7 Å². The second kappa shape index (κ2) is 13.8. The number of aliphatic hydroxyl groups excluding tert-OH is 1. The standard InChI is InChI=1S/C31H32N2O7S/c1-41(37,38)33-28-19-26(13-16-30(28)40-21-22-5-3-2-4-6-22)29(34)20-32-17-18-39-27-14-11-24(12-15-27)23-7-9-25(10-8-23)31(35)36/h2-16,19,29,32-34H,17-18,20-21H2,1H3,(H,35,36). The minimum Gasteiger partial charge on any atom is -0.492 e. The normalized spacial score (nSPS) is 12.0. The second-order valence-electron chi connectivity index (χ2n) is 9.38. The van der Waals surface area contributed by atoms with Crippen LogP contribution in [0.2, 0.25) is 0 Å². The molecule has 0 spiro atoms. The van der Waals surface area contributed by atoms with Crippen LogP contribution in [0.5, 0.6) is 11.5 Å². The van der Waals surface area contributed by atoms with Crippen molar-refractivity contribution < 1.29 is 32.9 Å². The first kappa shape index (κ1) is 29.6. The fourth-order valence-electron chi connectivity index (χ4n) is 4.04. The summed E-state index contributed by atoms with van der Waals surface area (Å²) in [6.07, 6.45) is 0.176. The van der Waals surface area contributed by atoms with Crippen LogP contribution in [0.4, 0.5) is 5.69 Å². The third-order valence-corrected chi connectivity index (χ3v) is 6.72. The molecule has 0 aliphatic rings. The summed E-state index contributed by atoms with van der Waals surface area (Å²) < 4.78 is 37.9. The molecule has 0 bridgehead atoms. The lowest BCUT2D eigenvalue weighted by Gasteiger charge is -2.17. The summed E-state index contributed by atoms with van der Waals surface area (Å²) in [5.74, 6) is 0.0814. The van der Waals surface area contributed by atoms with Crippen molar-refractivity contribution in [2.24, 2.45) is 0 Å². The van der Waals surface area contributed by atoms with Gasteiger partial charge in [0.2, 0.25) is 10.0 Å². The lowest BCUT2D eigenvalue weighted by Crippen LogP contribution is -2.26. The summed E-state index contributed by atoms with van der Waals surface area (Å²) in [5.41, 5.74) is 3.81. The highest BCUT2D eigenvalue weighted by Crippen LogP contribution is 2.30. The third kappa shape index (κ3) is 9.07. The molecule has 9 nitrogen and oxygen atoms in total. The Labute approximate surface area is 239 Å². The monoisotopic (exact) mass is 576 g/mol. The van der Waals surface area contributed by atoms with E-state index >= 15 is 0 Å². The van der Waals surface area contributed by atoms with Crippen molar-refractivity contribution >= 4 is 21.7 Å². The van der Waals surface area contributed by atoms with E-state index in [-0.39, 0.29) is 24.4 Å².